The maximum absolute atomic E-state index is 12.5. The number of rotatable bonds is 6. The van der Waals surface area contributed by atoms with Gasteiger partial charge < -0.3 is 10.5 Å². The van der Waals surface area contributed by atoms with Crippen LogP contribution in [0.4, 0.5) is 5.69 Å². The quantitative estimate of drug-likeness (QED) is 0.611. The Morgan fingerprint density at radius 2 is 2.04 bits per heavy atom. The second-order valence-corrected chi connectivity index (χ2v) is 6.70. The maximum Gasteiger partial charge on any atom is 0.279 e. The molecule has 1 atom stereocenters. The van der Waals surface area contributed by atoms with Crippen molar-refractivity contribution < 1.29 is 5.11 Å². The number of halogens is 2. The van der Waals surface area contributed by atoms with Gasteiger partial charge in [0.05, 0.1) is 35.1 Å². The fourth-order valence-corrected chi connectivity index (χ4v) is 2.79. The third-order valence-corrected chi connectivity index (χ3v) is 4.36. The van der Waals surface area contributed by atoms with E-state index in [1.165, 1.54) is 4.68 Å². The fourth-order valence-electron chi connectivity index (χ4n) is 2.46. The Bertz CT molecular complexity index is 1050. The molecule has 3 aromatic rings. The largest absolute Gasteiger partial charge is 0.389 e. The van der Waals surface area contributed by atoms with E-state index in [2.05, 4.69) is 20.6 Å². The number of aliphatic hydroxyl groups excluding tert-OH is 1. The second kappa shape index (κ2) is 8.47. The summed E-state index contributed by atoms with van der Waals surface area (Å²) in [6.07, 6.45) is -0.857. The van der Waals surface area contributed by atoms with Crippen molar-refractivity contribution in [3.63, 3.8) is 0 Å². The number of hydrogen-bond acceptors (Lipinski definition) is 6. The van der Waals surface area contributed by atoms with E-state index < -0.39 is 6.10 Å². The number of aryl methyl sites for hydroxylation is 1. The van der Waals surface area contributed by atoms with Crippen molar-refractivity contribution in [1.82, 2.24) is 9.66 Å². The lowest BCUT2D eigenvalue weighted by atomic mass is 10.2. The van der Waals surface area contributed by atoms with Crippen molar-refractivity contribution in [2.45, 2.75) is 13.0 Å². The number of aromatic nitrogens is 2. The summed E-state index contributed by atoms with van der Waals surface area (Å²) < 4.78 is 1.32. The van der Waals surface area contributed by atoms with Crippen LogP contribution in [0.5, 0.6) is 0 Å². The average Bonchev–Trinajstić information content (AvgIpc) is 2.64. The van der Waals surface area contributed by atoms with Gasteiger partial charge >= 0.3 is 0 Å². The van der Waals surface area contributed by atoms with Gasteiger partial charge in [-0.3, -0.25) is 4.79 Å². The van der Waals surface area contributed by atoms with Gasteiger partial charge in [0.1, 0.15) is 11.5 Å². The molecule has 27 heavy (non-hydrogen) atoms. The molecule has 0 aliphatic heterocycles. The molecule has 3 rings (SSSR count). The summed E-state index contributed by atoms with van der Waals surface area (Å²) in [6, 6.07) is 12.0. The molecule has 0 radical (unpaired) electrons. The highest BCUT2D eigenvalue weighted by atomic mass is 35.5. The Balaban J connectivity index is 1.65. The third-order valence-electron chi connectivity index (χ3n) is 3.81. The van der Waals surface area contributed by atoms with E-state index in [9.17, 15) is 9.90 Å². The van der Waals surface area contributed by atoms with E-state index in [1.54, 1.807) is 43.3 Å². The molecule has 7 nitrogen and oxygen atoms in total. The van der Waals surface area contributed by atoms with Crippen LogP contribution in [0.2, 0.25) is 10.0 Å². The van der Waals surface area contributed by atoms with Crippen LogP contribution >= 0.6 is 23.2 Å². The Morgan fingerprint density at radius 3 is 2.85 bits per heavy atom. The first-order valence-corrected chi connectivity index (χ1v) is 8.94. The van der Waals surface area contributed by atoms with Crippen molar-refractivity contribution >= 4 is 39.8 Å². The molecule has 1 heterocycles. The van der Waals surface area contributed by atoms with Gasteiger partial charge in [0.25, 0.3) is 5.56 Å². The third kappa shape index (κ3) is 4.63. The average molecular weight is 406 g/mol. The number of azo groups is 1. The molecule has 0 saturated carbocycles. The Hall–Kier alpha value is -2.48. The molecule has 0 amide bonds. The number of para-hydroxylation sites is 1. The van der Waals surface area contributed by atoms with Crippen LogP contribution in [0.3, 0.4) is 0 Å². The summed E-state index contributed by atoms with van der Waals surface area (Å²) in [6.45, 7) is 1.85. The van der Waals surface area contributed by atoms with E-state index in [-0.39, 0.29) is 18.6 Å². The topological polar surface area (TPSA) is 91.9 Å². The highest BCUT2D eigenvalue weighted by Gasteiger charge is 2.09. The first-order valence-electron chi connectivity index (χ1n) is 8.18. The zero-order chi connectivity index (χ0) is 19.4. The zero-order valence-electron chi connectivity index (χ0n) is 14.4. The molecular formula is C18H17Cl2N5O2. The SMILES string of the molecule is Cc1nc2ccccc2c(=O)n1NCC(O)CN=Nc1cc(Cl)ccc1Cl. The minimum Gasteiger partial charge on any atom is -0.389 e. The minimum absolute atomic E-state index is 0.0324. The molecule has 2 aromatic carbocycles. The Morgan fingerprint density at radius 1 is 1.26 bits per heavy atom. The number of nitrogens with zero attached hydrogens (tertiary/aromatic N) is 4. The highest BCUT2D eigenvalue weighted by Crippen LogP contribution is 2.28. The van der Waals surface area contributed by atoms with E-state index in [0.29, 0.717) is 32.5 Å². The molecule has 0 saturated heterocycles. The predicted molar refractivity (Wildman–Crippen MR) is 107 cm³/mol. The summed E-state index contributed by atoms with van der Waals surface area (Å²) in [4.78, 5) is 16.9. The lowest BCUT2D eigenvalue weighted by molar-refractivity contribution is 0.191. The van der Waals surface area contributed by atoms with E-state index in [1.807, 2.05) is 6.07 Å². The maximum atomic E-state index is 12.5. The van der Waals surface area contributed by atoms with Crippen molar-refractivity contribution in [1.29, 1.82) is 0 Å². The van der Waals surface area contributed by atoms with Gasteiger partial charge in [-0.2, -0.15) is 10.2 Å². The molecule has 140 valence electrons. The highest BCUT2D eigenvalue weighted by molar-refractivity contribution is 6.35. The fraction of sp³-hybridized carbons (Fsp3) is 0.222. The molecule has 1 aromatic heterocycles. The summed E-state index contributed by atoms with van der Waals surface area (Å²) in [5, 5.41) is 19.4. The molecular weight excluding hydrogens is 389 g/mol. The number of nitrogens with one attached hydrogen (secondary N) is 1. The van der Waals surface area contributed by atoms with Crippen molar-refractivity contribution in [3.05, 3.63) is 68.7 Å². The van der Waals surface area contributed by atoms with Crippen LogP contribution < -0.4 is 11.0 Å². The molecule has 0 fully saturated rings. The molecule has 0 aliphatic rings. The van der Waals surface area contributed by atoms with Gasteiger partial charge in [0.2, 0.25) is 0 Å². The summed E-state index contributed by atoms with van der Waals surface area (Å²) in [5.74, 6) is 0.498. The zero-order valence-corrected chi connectivity index (χ0v) is 15.9. The standard InChI is InChI=1S/C18H17Cl2N5O2/c1-11-23-16-5-3-2-4-14(16)18(27)25(11)22-10-13(26)9-21-24-17-8-12(19)6-7-15(17)20/h2-8,13,22,26H,9-10H2,1H3. The second-order valence-electron chi connectivity index (χ2n) is 5.85. The van der Waals surface area contributed by atoms with Crippen LogP contribution in [-0.2, 0) is 0 Å². The van der Waals surface area contributed by atoms with Crippen molar-refractivity contribution in [3.8, 4) is 0 Å². The van der Waals surface area contributed by atoms with Gasteiger partial charge in [-0.15, -0.1) is 0 Å². The molecule has 2 N–H and O–H groups in total. The van der Waals surface area contributed by atoms with E-state index in [0.717, 1.165) is 0 Å². The lowest BCUT2D eigenvalue weighted by Gasteiger charge is -2.15. The summed E-state index contributed by atoms with van der Waals surface area (Å²) in [7, 11) is 0. The van der Waals surface area contributed by atoms with Gasteiger partial charge in [-0.1, -0.05) is 35.3 Å². The van der Waals surface area contributed by atoms with Gasteiger partial charge in [-0.25, -0.2) is 9.66 Å². The predicted octanol–water partition coefficient (Wildman–Crippen LogP) is 3.70. The van der Waals surface area contributed by atoms with Crippen molar-refractivity contribution in [2.24, 2.45) is 10.2 Å². The summed E-state index contributed by atoms with van der Waals surface area (Å²) >= 11 is 11.9. The lowest BCUT2D eigenvalue weighted by Crippen LogP contribution is -2.36. The molecule has 1 unspecified atom stereocenters. The molecule has 0 aliphatic carbocycles. The first kappa shape index (κ1) is 19.3. The Kier molecular flexibility index (Phi) is 6.05. The number of hydrogen-bond donors (Lipinski definition) is 2. The summed E-state index contributed by atoms with van der Waals surface area (Å²) in [5.41, 5.74) is 3.72. The van der Waals surface area contributed by atoms with Crippen LogP contribution in [0.25, 0.3) is 10.9 Å². The monoisotopic (exact) mass is 405 g/mol. The van der Waals surface area contributed by atoms with Crippen LogP contribution in [0.1, 0.15) is 5.82 Å². The molecule has 0 bridgehead atoms. The molecule has 9 heteroatoms. The number of benzene rings is 2. The van der Waals surface area contributed by atoms with Crippen LogP contribution in [-0.4, -0.2) is 34.0 Å². The Labute approximate surface area is 165 Å². The van der Waals surface area contributed by atoms with Gasteiger partial charge in [0, 0.05) is 5.02 Å². The van der Waals surface area contributed by atoms with Gasteiger partial charge in [0.15, 0.2) is 0 Å². The van der Waals surface area contributed by atoms with E-state index in [4.69, 9.17) is 23.2 Å². The number of aliphatic hydroxyl groups is 1. The van der Waals surface area contributed by atoms with Crippen LogP contribution in [0, 0.1) is 6.92 Å². The normalized spacial score (nSPS) is 12.6. The number of fused-ring (bicyclic) bond motifs is 1. The molecule has 0 spiro atoms. The van der Waals surface area contributed by atoms with E-state index >= 15 is 0 Å². The smallest absolute Gasteiger partial charge is 0.279 e. The van der Waals surface area contributed by atoms with Crippen molar-refractivity contribution in [2.75, 3.05) is 18.5 Å². The van der Waals surface area contributed by atoms with Crippen LogP contribution in [0.15, 0.2) is 57.5 Å². The minimum atomic E-state index is -0.857. The van der Waals surface area contributed by atoms with Gasteiger partial charge in [-0.05, 0) is 37.3 Å². The first-order chi connectivity index (χ1) is 13.0.